The molecule has 0 aromatic heterocycles. The molecule has 0 aliphatic heterocycles. The minimum absolute atomic E-state index is 0.202. The highest BCUT2D eigenvalue weighted by Gasteiger charge is 2.09. The van der Waals surface area contributed by atoms with E-state index in [4.69, 9.17) is 27.9 Å². The molecule has 0 spiro atoms. The van der Waals surface area contributed by atoms with Crippen LogP contribution < -0.4 is 15.6 Å². The fraction of sp³-hybridized carbons (Fsp3) is 0.0667. The number of carbonyl (C=O) groups excluding carboxylic acids is 2. The van der Waals surface area contributed by atoms with Gasteiger partial charge in [0.15, 0.2) is 6.61 Å². The van der Waals surface area contributed by atoms with Gasteiger partial charge in [0.1, 0.15) is 11.6 Å². The number of hydrogen-bond donors (Lipinski definition) is 2. The van der Waals surface area contributed by atoms with Gasteiger partial charge in [-0.1, -0.05) is 23.2 Å². The molecule has 5 nitrogen and oxygen atoms in total. The highest BCUT2D eigenvalue weighted by molar-refractivity contribution is 6.35. The highest BCUT2D eigenvalue weighted by atomic mass is 35.5. The van der Waals surface area contributed by atoms with E-state index in [0.29, 0.717) is 5.02 Å². The molecule has 0 saturated heterocycles. The summed E-state index contributed by atoms with van der Waals surface area (Å²) in [5.74, 6) is -1.34. The van der Waals surface area contributed by atoms with Crippen LogP contribution in [0.2, 0.25) is 10.0 Å². The molecule has 23 heavy (non-hydrogen) atoms. The van der Waals surface area contributed by atoms with Gasteiger partial charge in [-0.2, -0.15) is 0 Å². The second-order valence-electron chi connectivity index (χ2n) is 4.37. The van der Waals surface area contributed by atoms with Gasteiger partial charge in [0.25, 0.3) is 11.8 Å². The summed E-state index contributed by atoms with van der Waals surface area (Å²) in [5, 5.41) is 0.707. The monoisotopic (exact) mass is 356 g/mol. The van der Waals surface area contributed by atoms with Crippen LogP contribution in [-0.4, -0.2) is 18.4 Å². The molecule has 2 amide bonds. The zero-order valence-electron chi connectivity index (χ0n) is 11.6. The number of halogens is 3. The Morgan fingerprint density at radius 2 is 1.74 bits per heavy atom. The van der Waals surface area contributed by atoms with Crippen LogP contribution in [0.1, 0.15) is 10.4 Å². The van der Waals surface area contributed by atoms with Crippen LogP contribution in [0.25, 0.3) is 0 Å². The van der Waals surface area contributed by atoms with E-state index in [1.165, 1.54) is 24.3 Å². The maximum Gasteiger partial charge on any atom is 0.276 e. The third-order valence-electron chi connectivity index (χ3n) is 2.67. The lowest BCUT2D eigenvalue weighted by atomic mass is 10.2. The molecule has 0 unspecified atom stereocenters. The van der Waals surface area contributed by atoms with Crippen LogP contribution in [-0.2, 0) is 4.79 Å². The van der Waals surface area contributed by atoms with E-state index in [1.54, 1.807) is 6.07 Å². The van der Waals surface area contributed by atoms with Crippen LogP contribution in [0.3, 0.4) is 0 Å². The van der Waals surface area contributed by atoms with Crippen molar-refractivity contribution in [1.29, 1.82) is 0 Å². The zero-order chi connectivity index (χ0) is 16.8. The standard InChI is InChI=1S/C15H11Cl2FN2O3/c16-10-3-6-13(12(17)7-10)23-8-14(21)19-20-15(22)9-1-4-11(18)5-2-9/h1-7H,8H2,(H,19,21)(H,20,22). The number of hydrogen-bond acceptors (Lipinski definition) is 3. The molecule has 0 aliphatic rings. The summed E-state index contributed by atoms with van der Waals surface area (Å²) in [6, 6.07) is 9.44. The first-order chi connectivity index (χ1) is 11.0. The minimum atomic E-state index is -0.591. The average molecular weight is 357 g/mol. The number of rotatable bonds is 4. The lowest BCUT2D eigenvalue weighted by molar-refractivity contribution is -0.123. The Morgan fingerprint density at radius 3 is 2.39 bits per heavy atom. The third-order valence-corrected chi connectivity index (χ3v) is 3.21. The van der Waals surface area contributed by atoms with Gasteiger partial charge < -0.3 is 4.74 Å². The van der Waals surface area contributed by atoms with Crippen molar-refractivity contribution in [2.75, 3.05) is 6.61 Å². The van der Waals surface area contributed by atoms with Crippen LogP contribution in [0.15, 0.2) is 42.5 Å². The Morgan fingerprint density at radius 1 is 1.04 bits per heavy atom. The summed E-state index contributed by atoms with van der Waals surface area (Å²) in [4.78, 5) is 23.3. The molecule has 8 heteroatoms. The van der Waals surface area contributed by atoms with Gasteiger partial charge in [-0.3, -0.25) is 20.4 Å². The summed E-state index contributed by atoms with van der Waals surface area (Å²) in [6.07, 6.45) is 0. The molecule has 0 heterocycles. The molecule has 2 aromatic carbocycles. The number of nitrogens with one attached hydrogen (secondary N) is 2. The van der Waals surface area contributed by atoms with E-state index in [-0.39, 0.29) is 22.9 Å². The fourth-order valence-corrected chi connectivity index (χ4v) is 2.03. The Balaban J connectivity index is 1.81. The van der Waals surface area contributed by atoms with Crippen molar-refractivity contribution >= 4 is 35.0 Å². The van der Waals surface area contributed by atoms with Gasteiger partial charge in [0.2, 0.25) is 0 Å². The first-order valence-electron chi connectivity index (χ1n) is 6.38. The highest BCUT2D eigenvalue weighted by Crippen LogP contribution is 2.27. The van der Waals surface area contributed by atoms with Gasteiger partial charge in [0, 0.05) is 10.6 Å². The molecule has 0 fully saturated rings. The lowest BCUT2D eigenvalue weighted by Gasteiger charge is -2.10. The molecular formula is C15H11Cl2FN2O3. The largest absolute Gasteiger partial charge is 0.482 e. The summed E-state index contributed by atoms with van der Waals surface area (Å²) in [5.41, 5.74) is 4.56. The normalized spacial score (nSPS) is 10.0. The number of benzene rings is 2. The molecule has 2 aromatic rings. The Labute approximate surface area is 141 Å². The molecule has 0 aliphatic carbocycles. The Bertz CT molecular complexity index is 723. The van der Waals surface area contributed by atoms with Crippen molar-refractivity contribution in [3.8, 4) is 5.75 Å². The first kappa shape index (κ1) is 17.1. The maximum atomic E-state index is 12.7. The minimum Gasteiger partial charge on any atom is -0.482 e. The van der Waals surface area contributed by atoms with Crippen molar-refractivity contribution < 1.29 is 18.7 Å². The quantitative estimate of drug-likeness (QED) is 0.827. The number of ether oxygens (including phenoxy) is 1. The van der Waals surface area contributed by atoms with E-state index in [1.807, 2.05) is 0 Å². The molecular weight excluding hydrogens is 346 g/mol. The molecule has 2 rings (SSSR count). The second-order valence-corrected chi connectivity index (χ2v) is 5.22. The van der Waals surface area contributed by atoms with Gasteiger partial charge in [-0.15, -0.1) is 0 Å². The van der Waals surface area contributed by atoms with E-state index >= 15 is 0 Å². The van der Waals surface area contributed by atoms with Gasteiger partial charge >= 0.3 is 0 Å². The van der Waals surface area contributed by atoms with E-state index in [0.717, 1.165) is 12.1 Å². The van der Waals surface area contributed by atoms with Gasteiger partial charge in [-0.05, 0) is 42.5 Å². The average Bonchev–Trinajstić information content (AvgIpc) is 2.52. The van der Waals surface area contributed by atoms with E-state index in [9.17, 15) is 14.0 Å². The molecule has 0 saturated carbocycles. The SMILES string of the molecule is O=C(COc1ccc(Cl)cc1Cl)NNC(=O)c1ccc(F)cc1. The molecule has 0 radical (unpaired) electrons. The van der Waals surface area contributed by atoms with Crippen molar-refractivity contribution in [3.05, 3.63) is 63.9 Å². The van der Waals surface area contributed by atoms with Crippen molar-refractivity contribution in [2.24, 2.45) is 0 Å². The van der Waals surface area contributed by atoms with Crippen molar-refractivity contribution in [3.63, 3.8) is 0 Å². The van der Waals surface area contributed by atoms with Gasteiger partial charge in [-0.25, -0.2) is 4.39 Å². The Kier molecular flexibility index (Phi) is 5.78. The lowest BCUT2D eigenvalue weighted by Crippen LogP contribution is -2.43. The second kappa shape index (κ2) is 7.80. The number of amides is 2. The predicted octanol–water partition coefficient (Wildman–Crippen LogP) is 2.97. The fourth-order valence-electron chi connectivity index (χ4n) is 1.57. The number of hydrazine groups is 1. The molecule has 120 valence electrons. The first-order valence-corrected chi connectivity index (χ1v) is 7.14. The summed E-state index contributed by atoms with van der Waals surface area (Å²) in [7, 11) is 0. The zero-order valence-corrected chi connectivity index (χ0v) is 13.1. The molecule has 0 bridgehead atoms. The van der Waals surface area contributed by atoms with E-state index in [2.05, 4.69) is 10.9 Å². The summed E-state index contributed by atoms with van der Waals surface area (Å²) >= 11 is 11.6. The Hall–Kier alpha value is -2.31. The van der Waals surface area contributed by atoms with E-state index < -0.39 is 17.6 Å². The third kappa shape index (κ3) is 5.12. The van der Waals surface area contributed by atoms with Crippen LogP contribution in [0.4, 0.5) is 4.39 Å². The van der Waals surface area contributed by atoms with Crippen LogP contribution in [0, 0.1) is 5.82 Å². The van der Waals surface area contributed by atoms with Gasteiger partial charge in [0.05, 0.1) is 5.02 Å². The predicted molar refractivity (Wildman–Crippen MR) is 84.0 cm³/mol. The maximum absolute atomic E-state index is 12.7. The summed E-state index contributed by atoms with van der Waals surface area (Å²) in [6.45, 7) is -0.356. The molecule has 0 atom stereocenters. The summed E-state index contributed by atoms with van der Waals surface area (Å²) < 4.78 is 18.0. The van der Waals surface area contributed by atoms with Crippen molar-refractivity contribution in [1.82, 2.24) is 10.9 Å². The smallest absolute Gasteiger partial charge is 0.276 e. The molecule has 2 N–H and O–H groups in total. The number of carbonyl (C=O) groups is 2. The van der Waals surface area contributed by atoms with Crippen LogP contribution >= 0.6 is 23.2 Å². The topological polar surface area (TPSA) is 67.4 Å². The van der Waals surface area contributed by atoms with Crippen LogP contribution in [0.5, 0.6) is 5.75 Å². The van der Waals surface area contributed by atoms with Crippen molar-refractivity contribution in [2.45, 2.75) is 0 Å².